The molecule has 13 heavy (non-hydrogen) atoms. The summed E-state index contributed by atoms with van der Waals surface area (Å²) in [5.41, 5.74) is 1.03. The molecule has 1 aromatic rings. The lowest BCUT2D eigenvalue weighted by Crippen LogP contribution is -1.89. The minimum absolute atomic E-state index is 0. The molecule has 0 aromatic heterocycles. The highest BCUT2D eigenvalue weighted by Gasteiger charge is 1.88. The number of carbonyl (C=O) groups is 1. The van der Waals surface area contributed by atoms with Gasteiger partial charge in [0.15, 0.2) is 0 Å². The molecule has 0 saturated heterocycles. The second-order valence-corrected chi connectivity index (χ2v) is 2.41. The van der Waals surface area contributed by atoms with Crippen molar-refractivity contribution in [1.29, 1.82) is 0 Å². The van der Waals surface area contributed by atoms with Gasteiger partial charge in [-0.3, -0.25) is 4.79 Å². The van der Waals surface area contributed by atoms with Gasteiger partial charge in [-0.2, -0.15) is 0 Å². The van der Waals surface area contributed by atoms with Crippen LogP contribution in [0.1, 0.15) is 12.0 Å². The lowest BCUT2D eigenvalue weighted by Gasteiger charge is -1.89. The molecule has 1 N–H and O–H groups in total. The molecule has 0 aliphatic rings. The van der Waals surface area contributed by atoms with Crippen LogP contribution in [-0.4, -0.2) is 11.1 Å². The van der Waals surface area contributed by atoms with Gasteiger partial charge in [0.05, 0.1) is 6.42 Å². The van der Waals surface area contributed by atoms with Gasteiger partial charge >= 0.3 is 5.97 Å². The van der Waals surface area contributed by atoms with Gasteiger partial charge in [-0.25, -0.2) is 0 Å². The van der Waals surface area contributed by atoms with E-state index in [1.54, 1.807) is 12.2 Å². The Hall–Kier alpha value is -1.28. The molecule has 0 aliphatic heterocycles. The highest BCUT2D eigenvalue weighted by atomic mass is 35.5. The standard InChI is InChI=1S/C10H10O2.ClH/c11-10(12)8-4-7-9-5-2-1-3-6-9;/h1-7H,8H2,(H,11,12);1H/b7-4+;. The molecule has 1 rings (SSSR count). The van der Waals surface area contributed by atoms with E-state index in [-0.39, 0.29) is 18.8 Å². The number of rotatable bonds is 3. The van der Waals surface area contributed by atoms with Crippen molar-refractivity contribution in [3.8, 4) is 0 Å². The monoisotopic (exact) mass is 198 g/mol. The summed E-state index contributed by atoms with van der Waals surface area (Å²) in [6, 6.07) is 9.62. The van der Waals surface area contributed by atoms with E-state index >= 15 is 0 Å². The number of halogens is 1. The highest BCUT2D eigenvalue weighted by Crippen LogP contribution is 2.01. The van der Waals surface area contributed by atoms with Gasteiger partial charge in [-0.1, -0.05) is 42.5 Å². The molecule has 0 saturated carbocycles. The van der Waals surface area contributed by atoms with Crippen molar-refractivity contribution in [1.82, 2.24) is 0 Å². The van der Waals surface area contributed by atoms with Crippen molar-refractivity contribution < 1.29 is 9.90 Å². The molecule has 0 bridgehead atoms. The van der Waals surface area contributed by atoms with Gasteiger partial charge in [0, 0.05) is 0 Å². The minimum Gasteiger partial charge on any atom is -0.481 e. The molecule has 0 atom stereocenters. The maximum Gasteiger partial charge on any atom is 0.307 e. The first kappa shape index (κ1) is 11.7. The Kier molecular flexibility index (Phi) is 5.64. The van der Waals surface area contributed by atoms with Crippen LogP contribution in [0.15, 0.2) is 36.4 Å². The predicted octanol–water partition coefficient (Wildman–Crippen LogP) is 2.60. The first-order chi connectivity index (χ1) is 5.79. The molecular weight excluding hydrogens is 188 g/mol. The smallest absolute Gasteiger partial charge is 0.307 e. The summed E-state index contributed by atoms with van der Waals surface area (Å²) in [6.07, 6.45) is 3.51. The summed E-state index contributed by atoms with van der Waals surface area (Å²) in [6.45, 7) is 0. The van der Waals surface area contributed by atoms with Crippen LogP contribution in [0.2, 0.25) is 0 Å². The van der Waals surface area contributed by atoms with E-state index in [1.807, 2.05) is 30.3 Å². The Morgan fingerprint density at radius 3 is 2.46 bits per heavy atom. The Bertz CT molecular complexity index is 280. The topological polar surface area (TPSA) is 37.3 Å². The largest absolute Gasteiger partial charge is 0.481 e. The van der Waals surface area contributed by atoms with Gasteiger partial charge in [0.1, 0.15) is 0 Å². The number of hydrogen-bond acceptors (Lipinski definition) is 1. The van der Waals surface area contributed by atoms with Crippen LogP contribution in [-0.2, 0) is 4.79 Å². The summed E-state index contributed by atoms with van der Waals surface area (Å²) in [5, 5.41) is 8.34. The number of hydrogen-bond donors (Lipinski definition) is 1. The fourth-order valence-electron chi connectivity index (χ4n) is 0.860. The third-order valence-corrected chi connectivity index (χ3v) is 1.40. The predicted molar refractivity (Wildman–Crippen MR) is 55.0 cm³/mol. The molecule has 0 amide bonds. The Morgan fingerprint density at radius 2 is 1.92 bits per heavy atom. The van der Waals surface area contributed by atoms with E-state index in [2.05, 4.69) is 0 Å². The molecule has 2 nitrogen and oxygen atoms in total. The van der Waals surface area contributed by atoms with Crippen LogP contribution in [0.5, 0.6) is 0 Å². The highest BCUT2D eigenvalue weighted by molar-refractivity contribution is 5.85. The molecular formula is C10H11ClO2. The number of carboxylic acid groups (broad SMARTS) is 1. The van der Waals surface area contributed by atoms with Crippen molar-refractivity contribution in [3.63, 3.8) is 0 Å². The summed E-state index contributed by atoms with van der Waals surface area (Å²) < 4.78 is 0. The fourth-order valence-corrected chi connectivity index (χ4v) is 0.860. The van der Waals surface area contributed by atoms with Crippen molar-refractivity contribution in [2.75, 3.05) is 0 Å². The van der Waals surface area contributed by atoms with Crippen LogP contribution in [0, 0.1) is 0 Å². The molecule has 70 valence electrons. The number of aliphatic carboxylic acids is 1. The SMILES string of the molecule is Cl.O=C(O)C/C=C/c1ccccc1. The number of carboxylic acids is 1. The van der Waals surface area contributed by atoms with Gasteiger partial charge in [0.25, 0.3) is 0 Å². The third kappa shape index (κ3) is 5.04. The van der Waals surface area contributed by atoms with Crippen LogP contribution in [0.25, 0.3) is 6.08 Å². The van der Waals surface area contributed by atoms with Gasteiger partial charge in [-0.15, -0.1) is 12.4 Å². The van der Waals surface area contributed by atoms with E-state index in [1.165, 1.54) is 0 Å². The van der Waals surface area contributed by atoms with Crippen LogP contribution in [0.3, 0.4) is 0 Å². The van der Waals surface area contributed by atoms with E-state index in [4.69, 9.17) is 5.11 Å². The zero-order valence-corrected chi connectivity index (χ0v) is 7.83. The molecule has 0 fully saturated rings. The van der Waals surface area contributed by atoms with Gasteiger partial charge in [-0.05, 0) is 5.56 Å². The van der Waals surface area contributed by atoms with E-state index in [9.17, 15) is 4.79 Å². The van der Waals surface area contributed by atoms with Crippen molar-refractivity contribution in [3.05, 3.63) is 42.0 Å². The Balaban J connectivity index is 0.00000144. The average molecular weight is 199 g/mol. The zero-order chi connectivity index (χ0) is 8.81. The third-order valence-electron chi connectivity index (χ3n) is 1.40. The second kappa shape index (κ2) is 6.26. The molecule has 1 aromatic carbocycles. The van der Waals surface area contributed by atoms with Crippen LogP contribution < -0.4 is 0 Å². The normalized spacial score (nSPS) is 9.54. The molecule has 0 aliphatic carbocycles. The summed E-state index contributed by atoms with van der Waals surface area (Å²) >= 11 is 0. The lowest BCUT2D eigenvalue weighted by molar-refractivity contribution is -0.135. The quantitative estimate of drug-likeness (QED) is 0.811. The van der Waals surface area contributed by atoms with Crippen molar-refractivity contribution in [2.24, 2.45) is 0 Å². The summed E-state index contributed by atoms with van der Waals surface area (Å²) in [7, 11) is 0. The van der Waals surface area contributed by atoms with Gasteiger partial charge < -0.3 is 5.11 Å². The molecule has 0 spiro atoms. The lowest BCUT2D eigenvalue weighted by atomic mass is 10.2. The molecule has 0 radical (unpaired) electrons. The maximum absolute atomic E-state index is 10.1. The minimum atomic E-state index is -0.804. The fraction of sp³-hybridized carbons (Fsp3) is 0.100. The van der Waals surface area contributed by atoms with E-state index in [0.29, 0.717) is 0 Å². The zero-order valence-electron chi connectivity index (χ0n) is 7.01. The van der Waals surface area contributed by atoms with E-state index in [0.717, 1.165) is 5.56 Å². The van der Waals surface area contributed by atoms with Crippen molar-refractivity contribution in [2.45, 2.75) is 6.42 Å². The van der Waals surface area contributed by atoms with E-state index < -0.39 is 5.97 Å². The maximum atomic E-state index is 10.1. The Morgan fingerprint density at radius 1 is 1.31 bits per heavy atom. The molecule has 0 unspecified atom stereocenters. The first-order valence-corrected chi connectivity index (χ1v) is 3.72. The molecule has 3 heteroatoms. The van der Waals surface area contributed by atoms with Crippen LogP contribution >= 0.6 is 12.4 Å². The van der Waals surface area contributed by atoms with Crippen molar-refractivity contribution >= 4 is 24.5 Å². The second-order valence-electron chi connectivity index (χ2n) is 2.41. The van der Waals surface area contributed by atoms with Crippen LogP contribution in [0.4, 0.5) is 0 Å². The molecule has 0 heterocycles. The summed E-state index contributed by atoms with van der Waals surface area (Å²) in [5.74, 6) is -0.804. The first-order valence-electron chi connectivity index (χ1n) is 3.72. The summed E-state index contributed by atoms with van der Waals surface area (Å²) in [4.78, 5) is 10.1. The number of benzene rings is 1. The average Bonchev–Trinajstić information content (AvgIpc) is 2.05. The Labute approximate surface area is 83.3 Å². The van der Waals surface area contributed by atoms with Gasteiger partial charge in [0.2, 0.25) is 0 Å².